The smallest absolute Gasteiger partial charge is 0.409 e. The van der Waals surface area contributed by atoms with Crippen LogP contribution in [0.4, 0.5) is 4.79 Å². The number of cyclic esters (lactones) is 1. The average Bonchev–Trinajstić information content (AvgIpc) is 3.15. The van der Waals surface area contributed by atoms with Crippen LogP contribution in [0.2, 0.25) is 0 Å². The lowest BCUT2D eigenvalue weighted by atomic mass is 10.0. The minimum atomic E-state index is -0.519. The molecule has 2 heterocycles. The molecule has 2 aliphatic heterocycles. The van der Waals surface area contributed by atoms with Crippen molar-refractivity contribution in [3.05, 3.63) is 48.0 Å². The molecule has 2 saturated heterocycles. The maximum absolute atomic E-state index is 12.5. The zero-order valence-corrected chi connectivity index (χ0v) is 16.8. The fourth-order valence-corrected chi connectivity index (χ4v) is 4.03. The quantitative estimate of drug-likeness (QED) is 0.713. The van der Waals surface area contributed by atoms with Crippen LogP contribution in [0.5, 0.6) is 0 Å². The SMILES string of the molecule is O=C(CC1C(=O)NCCN1Cc1cccc2ccccc12)NCCN1CCOC1=O. The number of hydrogen-bond donors (Lipinski definition) is 2. The molecular weight excluding hydrogens is 384 g/mol. The van der Waals surface area contributed by atoms with Gasteiger partial charge in [-0.25, -0.2) is 4.79 Å². The largest absolute Gasteiger partial charge is 0.448 e. The van der Waals surface area contributed by atoms with E-state index >= 15 is 0 Å². The van der Waals surface area contributed by atoms with E-state index in [9.17, 15) is 14.4 Å². The van der Waals surface area contributed by atoms with Gasteiger partial charge in [0.15, 0.2) is 0 Å². The number of hydrogen-bond acceptors (Lipinski definition) is 5. The van der Waals surface area contributed by atoms with Crippen molar-refractivity contribution in [1.82, 2.24) is 20.4 Å². The van der Waals surface area contributed by atoms with Crippen LogP contribution in [-0.4, -0.2) is 73.1 Å². The normalized spacial score (nSPS) is 19.6. The molecule has 3 amide bonds. The minimum Gasteiger partial charge on any atom is -0.448 e. The van der Waals surface area contributed by atoms with Gasteiger partial charge in [-0.2, -0.15) is 0 Å². The molecule has 0 saturated carbocycles. The number of ether oxygens (including phenoxy) is 1. The van der Waals surface area contributed by atoms with Crippen LogP contribution >= 0.6 is 0 Å². The predicted molar refractivity (Wildman–Crippen MR) is 112 cm³/mol. The van der Waals surface area contributed by atoms with Crippen LogP contribution in [-0.2, 0) is 20.9 Å². The first-order valence-corrected chi connectivity index (χ1v) is 10.3. The zero-order valence-electron chi connectivity index (χ0n) is 16.8. The number of rotatable bonds is 7. The first kappa shape index (κ1) is 20.2. The lowest BCUT2D eigenvalue weighted by molar-refractivity contribution is -0.134. The van der Waals surface area contributed by atoms with E-state index in [1.807, 2.05) is 18.2 Å². The maximum atomic E-state index is 12.5. The first-order valence-electron chi connectivity index (χ1n) is 10.3. The van der Waals surface area contributed by atoms with Crippen LogP contribution in [0.25, 0.3) is 10.8 Å². The van der Waals surface area contributed by atoms with Crippen LogP contribution in [0.1, 0.15) is 12.0 Å². The highest BCUT2D eigenvalue weighted by Gasteiger charge is 2.32. The number of carbonyl (C=O) groups excluding carboxylic acids is 3. The summed E-state index contributed by atoms with van der Waals surface area (Å²) in [6.07, 6.45) is -0.265. The Morgan fingerprint density at radius 1 is 1.13 bits per heavy atom. The summed E-state index contributed by atoms with van der Waals surface area (Å²) in [6.45, 7) is 3.53. The van der Waals surface area contributed by atoms with Gasteiger partial charge in [-0.15, -0.1) is 0 Å². The Morgan fingerprint density at radius 2 is 1.97 bits per heavy atom. The van der Waals surface area contributed by atoms with E-state index in [0.29, 0.717) is 45.9 Å². The van der Waals surface area contributed by atoms with E-state index in [4.69, 9.17) is 4.74 Å². The predicted octanol–water partition coefficient (Wildman–Crippen LogP) is 1.10. The van der Waals surface area contributed by atoms with Gasteiger partial charge in [-0.3, -0.25) is 14.5 Å². The Balaban J connectivity index is 1.38. The molecule has 2 aromatic carbocycles. The molecule has 8 heteroatoms. The second-order valence-corrected chi connectivity index (χ2v) is 7.57. The molecule has 158 valence electrons. The fraction of sp³-hybridized carbons (Fsp3) is 0.409. The highest BCUT2D eigenvalue weighted by molar-refractivity contribution is 5.89. The van der Waals surface area contributed by atoms with Crippen LogP contribution in [0.15, 0.2) is 42.5 Å². The Morgan fingerprint density at radius 3 is 2.80 bits per heavy atom. The molecule has 0 radical (unpaired) electrons. The number of nitrogens with one attached hydrogen (secondary N) is 2. The average molecular weight is 410 g/mol. The van der Waals surface area contributed by atoms with Crippen molar-refractivity contribution in [1.29, 1.82) is 0 Å². The molecule has 0 aromatic heterocycles. The minimum absolute atomic E-state index is 0.0844. The third-order valence-corrected chi connectivity index (χ3v) is 5.62. The number of nitrogens with zero attached hydrogens (tertiary/aromatic N) is 2. The van der Waals surface area contributed by atoms with Gasteiger partial charge >= 0.3 is 6.09 Å². The van der Waals surface area contributed by atoms with Crippen molar-refractivity contribution >= 4 is 28.7 Å². The first-order chi connectivity index (χ1) is 14.6. The summed E-state index contributed by atoms with van der Waals surface area (Å²) < 4.78 is 4.87. The summed E-state index contributed by atoms with van der Waals surface area (Å²) >= 11 is 0. The molecule has 1 unspecified atom stereocenters. The summed E-state index contributed by atoms with van der Waals surface area (Å²) in [5, 5.41) is 8.00. The van der Waals surface area contributed by atoms with Gasteiger partial charge in [0.25, 0.3) is 0 Å². The molecule has 0 spiro atoms. The molecule has 0 aliphatic carbocycles. The highest BCUT2D eigenvalue weighted by atomic mass is 16.6. The van der Waals surface area contributed by atoms with Crippen molar-refractivity contribution in [3.63, 3.8) is 0 Å². The molecule has 4 rings (SSSR count). The van der Waals surface area contributed by atoms with E-state index in [-0.39, 0.29) is 24.3 Å². The Kier molecular flexibility index (Phi) is 6.13. The molecule has 1 atom stereocenters. The standard InChI is InChI=1S/C22H26N4O4/c27-20(23-8-10-25-12-13-30-22(25)29)14-19-21(28)24-9-11-26(19)15-17-6-3-5-16-4-1-2-7-18(16)17/h1-7,19H,8-15H2,(H,23,27)(H,24,28). The van der Waals surface area contributed by atoms with Crippen molar-refractivity contribution < 1.29 is 19.1 Å². The Labute approximate surface area is 175 Å². The summed E-state index contributed by atoms with van der Waals surface area (Å²) in [5.41, 5.74) is 1.14. The fourth-order valence-electron chi connectivity index (χ4n) is 4.03. The number of piperazine rings is 1. The number of fused-ring (bicyclic) bond motifs is 1. The molecule has 0 bridgehead atoms. The number of benzene rings is 2. The van der Waals surface area contributed by atoms with Crippen molar-refractivity contribution in [2.75, 3.05) is 39.3 Å². The molecule has 2 fully saturated rings. The van der Waals surface area contributed by atoms with Gasteiger partial charge in [0.05, 0.1) is 19.0 Å². The summed E-state index contributed by atoms with van der Waals surface area (Å²) in [6, 6.07) is 13.8. The highest BCUT2D eigenvalue weighted by Crippen LogP contribution is 2.22. The molecule has 30 heavy (non-hydrogen) atoms. The summed E-state index contributed by atoms with van der Waals surface area (Å²) in [5.74, 6) is -0.327. The van der Waals surface area contributed by atoms with E-state index in [1.54, 1.807) is 4.90 Å². The van der Waals surface area contributed by atoms with Gasteiger partial charge in [-0.05, 0) is 16.3 Å². The molecule has 2 aromatic rings. The van der Waals surface area contributed by atoms with Crippen LogP contribution in [0.3, 0.4) is 0 Å². The van der Waals surface area contributed by atoms with Crippen LogP contribution < -0.4 is 10.6 Å². The lowest BCUT2D eigenvalue weighted by Crippen LogP contribution is -2.56. The van der Waals surface area contributed by atoms with Gasteiger partial charge in [0.2, 0.25) is 11.8 Å². The lowest BCUT2D eigenvalue weighted by Gasteiger charge is -2.35. The summed E-state index contributed by atoms with van der Waals surface area (Å²) in [7, 11) is 0. The van der Waals surface area contributed by atoms with E-state index < -0.39 is 6.04 Å². The van der Waals surface area contributed by atoms with Crippen molar-refractivity contribution in [2.45, 2.75) is 19.0 Å². The number of carbonyl (C=O) groups is 3. The van der Waals surface area contributed by atoms with Gasteiger partial charge in [0.1, 0.15) is 6.61 Å². The molecule has 2 aliphatic rings. The zero-order chi connectivity index (χ0) is 20.9. The maximum Gasteiger partial charge on any atom is 0.409 e. The third kappa shape index (κ3) is 4.54. The summed E-state index contributed by atoms with van der Waals surface area (Å²) in [4.78, 5) is 40.1. The van der Waals surface area contributed by atoms with E-state index in [2.05, 4.69) is 39.8 Å². The Bertz CT molecular complexity index is 942. The van der Waals surface area contributed by atoms with E-state index in [1.165, 1.54) is 0 Å². The molecule has 2 N–H and O–H groups in total. The van der Waals surface area contributed by atoms with Gasteiger partial charge < -0.3 is 20.3 Å². The second-order valence-electron chi connectivity index (χ2n) is 7.57. The van der Waals surface area contributed by atoms with Gasteiger partial charge in [-0.1, -0.05) is 42.5 Å². The molecule has 8 nitrogen and oxygen atoms in total. The topological polar surface area (TPSA) is 91.0 Å². The monoisotopic (exact) mass is 410 g/mol. The Hall–Kier alpha value is -3.13. The van der Waals surface area contributed by atoms with Crippen LogP contribution in [0, 0.1) is 0 Å². The number of amides is 3. The second kappa shape index (κ2) is 9.13. The van der Waals surface area contributed by atoms with Gasteiger partial charge in [0, 0.05) is 32.7 Å². The van der Waals surface area contributed by atoms with E-state index in [0.717, 1.165) is 16.3 Å². The third-order valence-electron chi connectivity index (χ3n) is 5.62. The van der Waals surface area contributed by atoms with Crippen molar-refractivity contribution in [3.8, 4) is 0 Å². The molecular formula is C22H26N4O4. The van der Waals surface area contributed by atoms with Crippen molar-refractivity contribution in [2.24, 2.45) is 0 Å².